The molecule has 0 spiro atoms. The number of nitrogens with one attached hydrogen (secondary N) is 2. The molecule has 0 aromatic heterocycles. The number of halogens is 4. The maximum absolute atomic E-state index is 13.5. The second-order valence-corrected chi connectivity index (χ2v) is 10.5. The lowest BCUT2D eigenvalue weighted by molar-refractivity contribution is -0.137. The first-order chi connectivity index (χ1) is 18.5. The van der Waals surface area contributed by atoms with Crippen LogP contribution in [0.5, 0.6) is 0 Å². The zero-order chi connectivity index (χ0) is 28.0. The van der Waals surface area contributed by atoms with E-state index in [4.69, 9.17) is 0 Å². The van der Waals surface area contributed by atoms with E-state index in [1.807, 2.05) is 0 Å². The number of benzene rings is 3. The van der Waals surface area contributed by atoms with Gasteiger partial charge in [0, 0.05) is 17.3 Å². The van der Waals surface area contributed by atoms with Crippen molar-refractivity contribution in [3.05, 3.63) is 126 Å². The van der Waals surface area contributed by atoms with Crippen molar-refractivity contribution >= 4 is 15.9 Å². The van der Waals surface area contributed by atoms with Crippen LogP contribution in [-0.2, 0) is 16.2 Å². The Bertz CT molecular complexity index is 1540. The third-order valence-corrected chi connectivity index (χ3v) is 7.45. The molecule has 0 radical (unpaired) electrons. The van der Waals surface area contributed by atoms with Gasteiger partial charge in [0.2, 0.25) is 10.0 Å². The predicted molar refractivity (Wildman–Crippen MR) is 140 cm³/mol. The van der Waals surface area contributed by atoms with Gasteiger partial charge in [-0.15, -0.1) is 0 Å². The summed E-state index contributed by atoms with van der Waals surface area (Å²) >= 11 is 0. The summed E-state index contributed by atoms with van der Waals surface area (Å²) in [6, 6.07) is 15.4. The fourth-order valence-electron chi connectivity index (χ4n) is 4.00. The molecular weight excluding hydrogens is 532 g/mol. The van der Waals surface area contributed by atoms with Crippen molar-refractivity contribution in [1.29, 1.82) is 0 Å². The minimum absolute atomic E-state index is 0.173. The molecule has 0 saturated carbocycles. The van der Waals surface area contributed by atoms with E-state index in [9.17, 15) is 30.8 Å². The average molecular weight is 557 g/mol. The highest BCUT2D eigenvalue weighted by molar-refractivity contribution is 7.89. The molecule has 0 heterocycles. The van der Waals surface area contributed by atoms with Crippen LogP contribution in [0.1, 0.15) is 28.8 Å². The number of amides is 1. The molecule has 1 unspecified atom stereocenters. The second kappa shape index (κ2) is 11.8. The predicted octanol–water partition coefficient (Wildman–Crippen LogP) is 6.38. The summed E-state index contributed by atoms with van der Waals surface area (Å²) in [5.74, 6) is -1.12. The van der Waals surface area contributed by atoms with Crippen molar-refractivity contribution in [3.63, 3.8) is 0 Å². The van der Waals surface area contributed by atoms with Crippen LogP contribution < -0.4 is 10.0 Å². The van der Waals surface area contributed by atoms with Gasteiger partial charge in [0.25, 0.3) is 5.91 Å². The fraction of sp³-hybridized carbons (Fsp3) is 0.138. The zero-order valence-corrected chi connectivity index (χ0v) is 21.3. The molecule has 10 heteroatoms. The quantitative estimate of drug-likeness (QED) is 0.346. The SMILES string of the molecule is O=C(NC1=CC=CCC(NS(=O)(=O)c2cccc(F)c2)CC=C1)c1ccccc1-c1ccc(C(F)(F)F)cc1. The van der Waals surface area contributed by atoms with E-state index in [2.05, 4.69) is 10.0 Å². The number of rotatable bonds is 6. The molecule has 4 rings (SSSR count). The van der Waals surface area contributed by atoms with E-state index < -0.39 is 39.5 Å². The summed E-state index contributed by atoms with van der Waals surface area (Å²) in [4.78, 5) is 13.0. The van der Waals surface area contributed by atoms with Gasteiger partial charge in [0.05, 0.1) is 10.5 Å². The van der Waals surface area contributed by atoms with E-state index in [0.29, 0.717) is 29.7 Å². The van der Waals surface area contributed by atoms with Crippen molar-refractivity contribution in [3.8, 4) is 11.1 Å². The van der Waals surface area contributed by atoms with Gasteiger partial charge in [-0.2, -0.15) is 13.2 Å². The average Bonchev–Trinajstić information content (AvgIpc) is 3.00. The Hall–Kier alpha value is -4.02. The molecule has 0 bridgehead atoms. The second-order valence-electron chi connectivity index (χ2n) is 8.77. The number of allylic oxidation sites excluding steroid dienone is 3. The molecule has 1 aliphatic rings. The summed E-state index contributed by atoms with van der Waals surface area (Å²) in [5, 5.41) is 2.80. The van der Waals surface area contributed by atoms with Gasteiger partial charge in [-0.05, 0) is 72.5 Å². The maximum atomic E-state index is 13.5. The van der Waals surface area contributed by atoms with E-state index >= 15 is 0 Å². The minimum Gasteiger partial charge on any atom is -0.322 e. The highest BCUT2D eigenvalue weighted by atomic mass is 32.2. The van der Waals surface area contributed by atoms with Crippen LogP contribution in [0.2, 0.25) is 0 Å². The van der Waals surface area contributed by atoms with Crippen LogP contribution in [0, 0.1) is 5.82 Å². The van der Waals surface area contributed by atoms with Crippen LogP contribution in [-0.4, -0.2) is 20.4 Å². The normalized spacial score (nSPS) is 16.1. The van der Waals surface area contributed by atoms with Gasteiger partial charge >= 0.3 is 6.18 Å². The number of carbonyl (C=O) groups is 1. The third kappa shape index (κ3) is 7.30. The number of carbonyl (C=O) groups excluding carboxylic acids is 1. The smallest absolute Gasteiger partial charge is 0.322 e. The van der Waals surface area contributed by atoms with Gasteiger partial charge in [0.15, 0.2) is 0 Å². The van der Waals surface area contributed by atoms with Crippen molar-refractivity contribution in [2.75, 3.05) is 0 Å². The number of alkyl halides is 3. The van der Waals surface area contributed by atoms with Crippen molar-refractivity contribution in [2.24, 2.45) is 0 Å². The fourth-order valence-corrected chi connectivity index (χ4v) is 5.29. The third-order valence-electron chi connectivity index (χ3n) is 5.93. The molecule has 3 aromatic carbocycles. The van der Waals surface area contributed by atoms with Gasteiger partial charge in [0.1, 0.15) is 5.82 Å². The first kappa shape index (κ1) is 28.0. The molecule has 0 aliphatic heterocycles. The van der Waals surface area contributed by atoms with Crippen LogP contribution >= 0.6 is 0 Å². The van der Waals surface area contributed by atoms with Gasteiger partial charge < -0.3 is 5.32 Å². The molecule has 5 nitrogen and oxygen atoms in total. The van der Waals surface area contributed by atoms with Gasteiger partial charge in [-0.25, -0.2) is 17.5 Å². The van der Waals surface area contributed by atoms with Crippen LogP contribution in [0.3, 0.4) is 0 Å². The Labute approximate surface area is 223 Å². The zero-order valence-electron chi connectivity index (χ0n) is 20.5. The summed E-state index contributed by atoms with van der Waals surface area (Å²) in [6.45, 7) is 0. The van der Waals surface area contributed by atoms with Crippen LogP contribution in [0.25, 0.3) is 11.1 Å². The molecule has 202 valence electrons. The molecule has 1 aliphatic carbocycles. The highest BCUT2D eigenvalue weighted by Crippen LogP contribution is 2.32. The molecule has 3 aromatic rings. The lowest BCUT2D eigenvalue weighted by atomic mass is 9.98. The van der Waals surface area contributed by atoms with Crippen LogP contribution in [0.15, 0.2) is 114 Å². The first-order valence-corrected chi connectivity index (χ1v) is 13.4. The summed E-state index contributed by atoms with van der Waals surface area (Å²) < 4.78 is 80.3. The Balaban J connectivity index is 1.46. The lowest BCUT2D eigenvalue weighted by Crippen LogP contribution is -2.34. The van der Waals surface area contributed by atoms with Gasteiger partial charge in [-0.1, -0.05) is 54.6 Å². The summed E-state index contributed by atoms with van der Waals surface area (Å²) in [5.41, 5.74) is 0.861. The highest BCUT2D eigenvalue weighted by Gasteiger charge is 2.30. The largest absolute Gasteiger partial charge is 0.416 e. The summed E-state index contributed by atoms with van der Waals surface area (Å²) in [7, 11) is -3.94. The number of hydrogen-bond acceptors (Lipinski definition) is 3. The van der Waals surface area contributed by atoms with Crippen molar-refractivity contribution in [2.45, 2.75) is 30.0 Å². The Morgan fingerprint density at radius 2 is 1.62 bits per heavy atom. The van der Waals surface area contributed by atoms with E-state index in [1.165, 1.54) is 24.3 Å². The molecule has 0 saturated heterocycles. The molecule has 1 atom stereocenters. The van der Waals surface area contributed by atoms with E-state index in [1.54, 1.807) is 54.6 Å². The van der Waals surface area contributed by atoms with E-state index in [-0.39, 0.29) is 10.5 Å². The Morgan fingerprint density at radius 3 is 2.33 bits per heavy atom. The molecule has 39 heavy (non-hydrogen) atoms. The Kier molecular flexibility index (Phi) is 8.47. The summed E-state index contributed by atoms with van der Waals surface area (Å²) in [6.07, 6.45) is 4.61. The maximum Gasteiger partial charge on any atom is 0.416 e. The number of sulfonamides is 1. The minimum atomic E-state index is -4.46. The first-order valence-electron chi connectivity index (χ1n) is 11.9. The molecule has 0 fully saturated rings. The van der Waals surface area contributed by atoms with E-state index in [0.717, 1.165) is 24.3 Å². The topological polar surface area (TPSA) is 75.3 Å². The van der Waals surface area contributed by atoms with Crippen LogP contribution in [0.4, 0.5) is 17.6 Å². The molecule has 1 amide bonds. The molecule has 2 N–H and O–H groups in total. The number of hydrogen-bond donors (Lipinski definition) is 2. The monoisotopic (exact) mass is 556 g/mol. The van der Waals surface area contributed by atoms with Gasteiger partial charge in [-0.3, -0.25) is 4.79 Å². The Morgan fingerprint density at radius 1 is 0.897 bits per heavy atom. The lowest BCUT2D eigenvalue weighted by Gasteiger charge is -2.15. The van der Waals surface area contributed by atoms with Crippen molar-refractivity contribution < 1.29 is 30.8 Å². The molecular formula is C29H24F4N2O3S. The standard InChI is InChI=1S/C29H24F4N2O3S/c30-22-7-5-12-25(19-22)39(37,38)35-24-9-2-1-8-23(10-6-11-24)34-28(36)27-14-4-3-13-26(27)20-15-17-21(18-16-20)29(31,32)33/h1-8,10,12-19,24,35H,9,11H2,(H,34,36). The van der Waals surface area contributed by atoms with Crippen molar-refractivity contribution in [1.82, 2.24) is 10.0 Å².